The van der Waals surface area contributed by atoms with Gasteiger partial charge in [-0.15, -0.1) is 0 Å². The van der Waals surface area contributed by atoms with Crippen LogP contribution in [0.3, 0.4) is 0 Å². The summed E-state index contributed by atoms with van der Waals surface area (Å²) in [5.41, 5.74) is 0.263. The number of nitrogens with zero attached hydrogens (tertiary/aromatic N) is 3. The molecular formula is C10H7N3O. The van der Waals surface area contributed by atoms with Gasteiger partial charge < -0.3 is 4.79 Å². The van der Waals surface area contributed by atoms with Crippen molar-refractivity contribution in [2.24, 2.45) is 15.4 Å². The van der Waals surface area contributed by atoms with Crippen molar-refractivity contribution in [3.05, 3.63) is 23.4 Å². The molecule has 4 nitrogen and oxygen atoms in total. The Kier molecular flexibility index (Phi) is 1.68. The van der Waals surface area contributed by atoms with E-state index in [4.69, 9.17) is 5.26 Å². The van der Waals surface area contributed by atoms with Gasteiger partial charge in [-0.3, -0.25) is 0 Å². The van der Waals surface area contributed by atoms with E-state index >= 15 is 0 Å². The van der Waals surface area contributed by atoms with Crippen LogP contribution < -0.4 is 0 Å². The summed E-state index contributed by atoms with van der Waals surface area (Å²) in [6.45, 7) is 1.74. The highest BCUT2D eigenvalue weighted by Gasteiger charge is 2.36. The van der Waals surface area contributed by atoms with Crippen molar-refractivity contribution in [3.8, 4) is 6.07 Å². The quantitative estimate of drug-likeness (QED) is 0.572. The highest BCUT2D eigenvalue weighted by Crippen LogP contribution is 2.35. The minimum absolute atomic E-state index is 0.419. The first-order chi connectivity index (χ1) is 6.71. The van der Waals surface area contributed by atoms with Crippen molar-refractivity contribution >= 4 is 18.3 Å². The van der Waals surface area contributed by atoms with Crippen LogP contribution in [0, 0.1) is 16.7 Å². The molecular weight excluding hydrogens is 178 g/mol. The van der Waals surface area contributed by atoms with Crippen LogP contribution in [0.15, 0.2) is 33.4 Å². The molecule has 2 rings (SSSR count). The summed E-state index contributed by atoms with van der Waals surface area (Å²) in [5.74, 6) is 0.471. The number of carbonyl (C=O) groups excluding carboxylic acids is 1. The Morgan fingerprint density at radius 3 is 3.07 bits per heavy atom. The highest BCUT2D eigenvalue weighted by atomic mass is 16.1. The number of nitriles is 1. The number of fused-ring (bicyclic) bond motifs is 1. The standard InChI is InChI=1S/C10H7N3O/c1-10(6-14)2-3-12-9-8(10)7(4-11)5-13-9/h2-3,5-6H,1H3/t10-/m0/s1. The first-order valence-corrected chi connectivity index (χ1v) is 4.12. The molecule has 0 aliphatic carbocycles. The molecule has 0 N–H and O–H groups in total. The third-order valence-electron chi connectivity index (χ3n) is 2.33. The zero-order chi connectivity index (χ0) is 10.2. The van der Waals surface area contributed by atoms with Crippen LogP contribution in [0.2, 0.25) is 0 Å². The first-order valence-electron chi connectivity index (χ1n) is 4.12. The molecule has 0 radical (unpaired) electrons. The van der Waals surface area contributed by atoms with Gasteiger partial charge >= 0.3 is 0 Å². The molecule has 68 valence electrons. The molecule has 0 amide bonds. The fraction of sp³-hybridized carbons (Fsp3) is 0.200. The normalized spacial score (nSPS) is 28.4. The molecule has 0 aromatic heterocycles. The Morgan fingerprint density at radius 1 is 1.64 bits per heavy atom. The molecule has 4 heteroatoms. The zero-order valence-corrected chi connectivity index (χ0v) is 7.56. The molecule has 2 aliphatic heterocycles. The van der Waals surface area contributed by atoms with E-state index in [9.17, 15) is 4.79 Å². The van der Waals surface area contributed by atoms with Gasteiger partial charge in [0.15, 0.2) is 5.84 Å². The van der Waals surface area contributed by atoms with Gasteiger partial charge in [0.2, 0.25) is 0 Å². The number of hydrogen-bond donors (Lipinski definition) is 0. The third-order valence-corrected chi connectivity index (χ3v) is 2.33. The van der Waals surface area contributed by atoms with Gasteiger partial charge in [-0.25, -0.2) is 9.98 Å². The Hall–Kier alpha value is -2.02. The predicted octanol–water partition coefficient (Wildman–Crippen LogP) is 1.02. The molecule has 0 bridgehead atoms. The topological polar surface area (TPSA) is 65.6 Å². The molecule has 0 aromatic carbocycles. The number of carbonyl (C=O) groups is 1. The number of hydrogen-bond acceptors (Lipinski definition) is 4. The largest absolute Gasteiger partial charge is 0.302 e. The summed E-state index contributed by atoms with van der Waals surface area (Å²) in [6.07, 6.45) is 5.47. The average molecular weight is 185 g/mol. The van der Waals surface area contributed by atoms with Crippen molar-refractivity contribution in [1.29, 1.82) is 5.26 Å². The fourth-order valence-electron chi connectivity index (χ4n) is 1.53. The van der Waals surface area contributed by atoms with Crippen LogP contribution in [0.1, 0.15) is 6.92 Å². The van der Waals surface area contributed by atoms with Crippen LogP contribution in [0.25, 0.3) is 0 Å². The van der Waals surface area contributed by atoms with Crippen molar-refractivity contribution in [2.45, 2.75) is 6.92 Å². The third kappa shape index (κ3) is 0.958. The molecule has 1 atom stereocenters. The first kappa shape index (κ1) is 8.57. The maximum Gasteiger partial charge on any atom is 0.157 e. The zero-order valence-electron chi connectivity index (χ0n) is 7.56. The van der Waals surface area contributed by atoms with Gasteiger partial charge in [-0.05, 0) is 13.0 Å². The maximum absolute atomic E-state index is 11.0. The molecule has 0 unspecified atom stereocenters. The van der Waals surface area contributed by atoms with Gasteiger partial charge in [0.1, 0.15) is 12.4 Å². The molecule has 0 spiro atoms. The highest BCUT2D eigenvalue weighted by molar-refractivity contribution is 6.18. The Labute approximate surface area is 81.0 Å². The monoisotopic (exact) mass is 185 g/mol. The average Bonchev–Trinajstić information content (AvgIpc) is 2.62. The van der Waals surface area contributed by atoms with Crippen molar-refractivity contribution < 1.29 is 4.79 Å². The second-order valence-corrected chi connectivity index (χ2v) is 3.33. The lowest BCUT2D eigenvalue weighted by molar-refractivity contribution is -0.112. The smallest absolute Gasteiger partial charge is 0.157 e. The summed E-state index contributed by atoms with van der Waals surface area (Å²) >= 11 is 0. The predicted molar refractivity (Wildman–Crippen MR) is 51.9 cm³/mol. The van der Waals surface area contributed by atoms with Crippen molar-refractivity contribution in [2.75, 3.05) is 0 Å². The fourth-order valence-corrected chi connectivity index (χ4v) is 1.53. The van der Waals surface area contributed by atoms with Gasteiger partial charge in [-0.2, -0.15) is 5.26 Å². The van der Waals surface area contributed by atoms with E-state index in [-0.39, 0.29) is 0 Å². The van der Waals surface area contributed by atoms with E-state index in [0.717, 1.165) is 6.29 Å². The lowest BCUT2D eigenvalue weighted by Gasteiger charge is -2.22. The molecule has 14 heavy (non-hydrogen) atoms. The number of allylic oxidation sites excluding steroid dienone is 2. The van der Waals surface area contributed by atoms with E-state index in [2.05, 4.69) is 9.98 Å². The van der Waals surface area contributed by atoms with E-state index in [1.54, 1.807) is 19.2 Å². The SMILES string of the molecule is C[C@@]1(C=O)C=CN=C2N=CC(C#N)=C21. The van der Waals surface area contributed by atoms with E-state index in [1.807, 2.05) is 6.07 Å². The lowest BCUT2D eigenvalue weighted by atomic mass is 9.80. The molecule has 0 saturated carbocycles. The number of amidine groups is 1. The van der Waals surface area contributed by atoms with Crippen LogP contribution in [-0.4, -0.2) is 18.3 Å². The van der Waals surface area contributed by atoms with Crippen LogP contribution in [-0.2, 0) is 4.79 Å². The lowest BCUT2D eigenvalue weighted by Crippen LogP contribution is -2.25. The van der Waals surface area contributed by atoms with E-state index in [0.29, 0.717) is 17.0 Å². The number of aliphatic imine (C=N–C) groups is 2. The summed E-state index contributed by atoms with van der Waals surface area (Å²) in [5, 5.41) is 8.84. The van der Waals surface area contributed by atoms with Gasteiger partial charge in [0.05, 0.1) is 11.0 Å². The Morgan fingerprint density at radius 2 is 2.43 bits per heavy atom. The molecule has 2 heterocycles. The second-order valence-electron chi connectivity index (χ2n) is 3.33. The van der Waals surface area contributed by atoms with Crippen LogP contribution in [0.4, 0.5) is 0 Å². The summed E-state index contributed by atoms with van der Waals surface area (Å²) in [4.78, 5) is 19.0. The second kappa shape index (κ2) is 2.74. The molecule has 0 fully saturated rings. The van der Waals surface area contributed by atoms with E-state index < -0.39 is 5.41 Å². The Balaban J connectivity index is 2.65. The Bertz CT molecular complexity index is 462. The van der Waals surface area contributed by atoms with Crippen molar-refractivity contribution in [3.63, 3.8) is 0 Å². The van der Waals surface area contributed by atoms with Crippen LogP contribution in [0.5, 0.6) is 0 Å². The minimum atomic E-state index is -0.765. The molecule has 0 aromatic rings. The van der Waals surface area contributed by atoms with E-state index in [1.165, 1.54) is 6.21 Å². The molecule has 2 aliphatic rings. The van der Waals surface area contributed by atoms with Gasteiger partial charge in [-0.1, -0.05) is 0 Å². The van der Waals surface area contributed by atoms with Crippen LogP contribution >= 0.6 is 0 Å². The van der Waals surface area contributed by atoms with Crippen molar-refractivity contribution in [1.82, 2.24) is 0 Å². The summed E-state index contributed by atoms with van der Waals surface area (Å²) in [7, 11) is 0. The summed E-state index contributed by atoms with van der Waals surface area (Å²) in [6, 6.07) is 2.01. The van der Waals surface area contributed by atoms with Gasteiger partial charge in [0, 0.05) is 18.0 Å². The number of aldehydes is 1. The maximum atomic E-state index is 11.0. The molecule has 0 saturated heterocycles. The summed E-state index contributed by atoms with van der Waals surface area (Å²) < 4.78 is 0. The minimum Gasteiger partial charge on any atom is -0.302 e. The van der Waals surface area contributed by atoms with Gasteiger partial charge in [0.25, 0.3) is 0 Å². The number of rotatable bonds is 1.